The maximum Gasteiger partial charge on any atom is 0.233 e. The van der Waals surface area contributed by atoms with E-state index < -0.39 is 0 Å². The predicted molar refractivity (Wildman–Crippen MR) is 133 cm³/mol. The first-order valence-electron chi connectivity index (χ1n) is 11.5. The van der Waals surface area contributed by atoms with Crippen molar-refractivity contribution >= 4 is 17.7 Å². The van der Waals surface area contributed by atoms with Gasteiger partial charge >= 0.3 is 0 Å². The van der Waals surface area contributed by atoms with Gasteiger partial charge in [0.2, 0.25) is 5.91 Å². The number of fused-ring (bicyclic) bond motifs is 1. The smallest absolute Gasteiger partial charge is 0.233 e. The van der Waals surface area contributed by atoms with Crippen molar-refractivity contribution in [2.75, 3.05) is 39.5 Å². The van der Waals surface area contributed by atoms with Crippen LogP contribution in [0.25, 0.3) is 5.69 Å². The minimum atomic E-state index is -0.316. The van der Waals surface area contributed by atoms with Crippen LogP contribution < -0.4 is 9.47 Å². The van der Waals surface area contributed by atoms with Crippen LogP contribution in [-0.2, 0) is 4.79 Å². The van der Waals surface area contributed by atoms with E-state index in [-0.39, 0.29) is 29.6 Å². The number of rotatable bonds is 9. The fourth-order valence-electron chi connectivity index (χ4n) is 3.73. The lowest BCUT2D eigenvalue weighted by atomic mass is 10.2. The summed E-state index contributed by atoms with van der Waals surface area (Å²) < 4.78 is 27.2. The van der Waals surface area contributed by atoms with Gasteiger partial charge in [-0.25, -0.2) is 4.39 Å². The molecule has 0 spiro atoms. The second kappa shape index (κ2) is 11.1. The van der Waals surface area contributed by atoms with Crippen LogP contribution in [0.5, 0.6) is 11.5 Å². The fourth-order valence-corrected chi connectivity index (χ4v) is 4.59. The molecule has 1 aliphatic heterocycles. The molecule has 8 nitrogen and oxygen atoms in total. The van der Waals surface area contributed by atoms with Gasteiger partial charge in [0, 0.05) is 12.2 Å². The van der Waals surface area contributed by atoms with Crippen molar-refractivity contribution in [3.63, 3.8) is 0 Å². The topological polar surface area (TPSA) is 72.7 Å². The second-order valence-corrected chi connectivity index (χ2v) is 9.45. The molecule has 0 bridgehead atoms. The van der Waals surface area contributed by atoms with E-state index in [2.05, 4.69) is 10.2 Å². The largest absolute Gasteiger partial charge is 0.486 e. The Labute approximate surface area is 209 Å². The molecule has 1 amide bonds. The first kappa shape index (κ1) is 25.0. The van der Waals surface area contributed by atoms with Crippen LogP contribution in [0.15, 0.2) is 53.7 Å². The third-order valence-electron chi connectivity index (χ3n) is 5.94. The molecule has 1 aromatic heterocycles. The molecule has 0 saturated carbocycles. The third-order valence-corrected chi connectivity index (χ3v) is 6.86. The number of hydrogen-bond acceptors (Lipinski definition) is 7. The van der Waals surface area contributed by atoms with E-state index >= 15 is 0 Å². The number of ether oxygens (including phenoxy) is 2. The van der Waals surface area contributed by atoms with Crippen molar-refractivity contribution in [1.29, 1.82) is 0 Å². The van der Waals surface area contributed by atoms with Crippen molar-refractivity contribution in [3.8, 4) is 17.2 Å². The van der Waals surface area contributed by atoms with Crippen LogP contribution in [-0.4, -0.2) is 76.1 Å². The van der Waals surface area contributed by atoms with Gasteiger partial charge in [-0.3, -0.25) is 14.3 Å². The summed E-state index contributed by atoms with van der Waals surface area (Å²) in [5.41, 5.74) is 0.744. The Bertz CT molecular complexity index is 1150. The predicted octanol–water partition coefficient (Wildman–Crippen LogP) is 3.81. The molecule has 0 saturated heterocycles. The van der Waals surface area contributed by atoms with Crippen molar-refractivity contribution in [2.24, 2.45) is 0 Å². The highest BCUT2D eigenvalue weighted by Crippen LogP contribution is 2.31. The van der Waals surface area contributed by atoms with Crippen LogP contribution in [0.4, 0.5) is 4.39 Å². The first-order valence-corrected chi connectivity index (χ1v) is 12.5. The van der Waals surface area contributed by atoms with E-state index in [1.54, 1.807) is 17.0 Å². The number of aromatic nitrogens is 3. The number of carbonyl (C=O) groups excluding carboxylic acids is 1. The van der Waals surface area contributed by atoms with Crippen molar-refractivity contribution in [2.45, 2.75) is 31.1 Å². The van der Waals surface area contributed by atoms with Crippen LogP contribution in [0.2, 0.25) is 0 Å². The molecular weight excluding hydrogens is 469 g/mol. The third kappa shape index (κ3) is 5.76. The Morgan fingerprint density at radius 1 is 1.17 bits per heavy atom. The van der Waals surface area contributed by atoms with Crippen molar-refractivity contribution in [1.82, 2.24) is 24.6 Å². The van der Waals surface area contributed by atoms with Gasteiger partial charge in [-0.05, 0) is 64.3 Å². The van der Waals surface area contributed by atoms with Crippen LogP contribution in [0.3, 0.4) is 0 Å². The lowest BCUT2D eigenvalue weighted by Gasteiger charge is -2.30. The zero-order valence-electron chi connectivity index (χ0n) is 20.3. The minimum Gasteiger partial charge on any atom is -0.486 e. The molecule has 1 aliphatic rings. The van der Waals surface area contributed by atoms with Gasteiger partial charge in [-0.1, -0.05) is 23.9 Å². The number of amides is 1. The molecule has 3 aromatic rings. The van der Waals surface area contributed by atoms with Gasteiger partial charge in [-0.15, -0.1) is 10.2 Å². The summed E-state index contributed by atoms with van der Waals surface area (Å²) in [6, 6.07) is 13.7. The summed E-state index contributed by atoms with van der Waals surface area (Å²) in [7, 11) is 3.92. The van der Waals surface area contributed by atoms with E-state index in [0.717, 1.165) is 17.3 Å². The second-order valence-electron chi connectivity index (χ2n) is 8.51. The van der Waals surface area contributed by atoms with E-state index in [1.165, 1.54) is 23.9 Å². The Kier molecular flexibility index (Phi) is 7.92. The van der Waals surface area contributed by atoms with Gasteiger partial charge in [0.25, 0.3) is 0 Å². The standard InChI is InChI=1S/C25H30FN5O3S/c1-5-30(14-20-15-33-21-8-6-7-9-22(21)34-20)23(32)16-35-25-28-27-24(17(2)29(3)4)31(25)19-12-10-18(26)11-13-19/h6-13,17,20H,5,14-16H2,1-4H3/t17-,20+/m1/s1. The molecule has 0 aliphatic carbocycles. The zero-order valence-corrected chi connectivity index (χ0v) is 21.2. The lowest BCUT2D eigenvalue weighted by Crippen LogP contribution is -2.44. The molecule has 35 heavy (non-hydrogen) atoms. The Morgan fingerprint density at radius 3 is 2.57 bits per heavy atom. The molecule has 0 unspecified atom stereocenters. The number of nitrogens with zero attached hydrogens (tertiary/aromatic N) is 5. The number of likely N-dealkylation sites (N-methyl/N-ethyl adjacent to an activating group) is 1. The average molecular weight is 500 g/mol. The zero-order chi connectivity index (χ0) is 24.9. The normalized spacial score (nSPS) is 15.8. The molecule has 186 valence electrons. The summed E-state index contributed by atoms with van der Waals surface area (Å²) in [5, 5.41) is 9.33. The molecule has 10 heteroatoms. The Hall–Kier alpha value is -3.11. The van der Waals surface area contributed by atoms with Crippen molar-refractivity contribution < 1.29 is 18.7 Å². The van der Waals surface area contributed by atoms with Crippen LogP contribution in [0, 0.1) is 5.82 Å². The molecule has 0 fully saturated rings. The van der Waals surface area contributed by atoms with Gasteiger partial charge in [0.15, 0.2) is 28.6 Å². The molecule has 0 radical (unpaired) electrons. The molecule has 4 rings (SSSR count). The highest BCUT2D eigenvalue weighted by atomic mass is 32.2. The number of hydrogen-bond donors (Lipinski definition) is 0. The van der Waals surface area contributed by atoms with Gasteiger partial charge < -0.3 is 14.4 Å². The average Bonchev–Trinajstić information content (AvgIpc) is 3.29. The molecular formula is C25H30FN5O3S. The van der Waals surface area contributed by atoms with Gasteiger partial charge in [-0.2, -0.15) is 0 Å². The lowest BCUT2D eigenvalue weighted by molar-refractivity contribution is -0.129. The highest BCUT2D eigenvalue weighted by molar-refractivity contribution is 7.99. The summed E-state index contributed by atoms with van der Waals surface area (Å²) in [6.07, 6.45) is -0.241. The maximum atomic E-state index is 13.5. The quantitative estimate of drug-likeness (QED) is 0.415. The maximum absolute atomic E-state index is 13.5. The van der Waals surface area contributed by atoms with Gasteiger partial charge in [0.1, 0.15) is 12.4 Å². The SMILES string of the molecule is CCN(C[C@H]1COc2ccccc2O1)C(=O)CSc1nnc([C@@H](C)N(C)C)n1-c1ccc(F)cc1. The van der Waals surface area contributed by atoms with Gasteiger partial charge in [0.05, 0.1) is 18.3 Å². The van der Waals surface area contributed by atoms with Crippen LogP contribution in [0.1, 0.15) is 25.7 Å². The van der Waals surface area contributed by atoms with E-state index in [1.807, 2.05) is 61.7 Å². The first-order chi connectivity index (χ1) is 16.9. The monoisotopic (exact) mass is 499 g/mol. The summed E-state index contributed by atoms with van der Waals surface area (Å²) in [6.45, 7) is 5.33. The highest BCUT2D eigenvalue weighted by Gasteiger charge is 2.26. The fraction of sp³-hybridized carbons (Fsp3) is 0.400. The molecule has 2 atom stereocenters. The van der Waals surface area contributed by atoms with E-state index in [0.29, 0.717) is 30.6 Å². The number of carbonyl (C=O) groups is 1. The molecule has 2 heterocycles. The number of halogens is 1. The number of para-hydroxylation sites is 2. The van der Waals surface area contributed by atoms with E-state index in [4.69, 9.17) is 9.47 Å². The molecule has 2 aromatic carbocycles. The molecule has 0 N–H and O–H groups in total. The number of benzene rings is 2. The summed E-state index contributed by atoms with van der Waals surface area (Å²) >= 11 is 1.31. The van der Waals surface area contributed by atoms with Crippen molar-refractivity contribution in [3.05, 3.63) is 60.2 Å². The Morgan fingerprint density at radius 2 is 1.89 bits per heavy atom. The summed E-state index contributed by atoms with van der Waals surface area (Å²) in [4.78, 5) is 16.9. The number of thioether (sulfide) groups is 1. The van der Waals surface area contributed by atoms with Crippen LogP contribution >= 0.6 is 11.8 Å². The summed E-state index contributed by atoms with van der Waals surface area (Å²) in [5.74, 6) is 1.97. The van der Waals surface area contributed by atoms with E-state index in [9.17, 15) is 9.18 Å². The Balaban J connectivity index is 1.46. The minimum absolute atomic E-state index is 0.0314.